The molecule has 1 aliphatic carbocycles. The number of aryl methyl sites for hydroxylation is 3. The summed E-state index contributed by atoms with van der Waals surface area (Å²) in [6.45, 7) is 5.26. The van der Waals surface area contributed by atoms with Crippen LogP contribution < -0.4 is 10.5 Å². The fraction of sp³-hybridized carbons (Fsp3) is 0.444. The number of nitrogens with one attached hydrogen (secondary N) is 1. The minimum atomic E-state index is 0.0674. The summed E-state index contributed by atoms with van der Waals surface area (Å²) in [6, 6.07) is 12.6. The molecule has 6 rings (SSSR count). The molecule has 1 N–H and O–H groups in total. The Morgan fingerprint density at radius 2 is 1.79 bits per heavy atom. The van der Waals surface area contributed by atoms with E-state index in [1.165, 1.54) is 28.7 Å². The monoisotopic (exact) mass is 473 g/mol. The summed E-state index contributed by atoms with van der Waals surface area (Å²) in [5.41, 5.74) is 2.40. The molecule has 0 bridgehead atoms. The number of piperazine rings is 1. The van der Waals surface area contributed by atoms with Gasteiger partial charge in [0, 0.05) is 42.9 Å². The van der Waals surface area contributed by atoms with Crippen LogP contribution in [0.15, 0.2) is 41.2 Å². The normalized spacial score (nSPS) is 16.9. The molecule has 0 unspecified atom stereocenters. The van der Waals surface area contributed by atoms with E-state index in [1.54, 1.807) is 11.3 Å². The third-order valence-corrected chi connectivity index (χ3v) is 8.48. The Hall–Kier alpha value is -2.77. The van der Waals surface area contributed by atoms with Crippen molar-refractivity contribution in [2.45, 2.75) is 44.9 Å². The lowest BCUT2D eigenvalue weighted by atomic mass is 9.97. The van der Waals surface area contributed by atoms with Crippen LogP contribution in [0.2, 0.25) is 0 Å². The van der Waals surface area contributed by atoms with Gasteiger partial charge < -0.3 is 9.88 Å². The van der Waals surface area contributed by atoms with E-state index < -0.39 is 0 Å². The van der Waals surface area contributed by atoms with Crippen molar-refractivity contribution in [3.8, 4) is 0 Å². The molecule has 1 aliphatic heterocycles. The van der Waals surface area contributed by atoms with Crippen molar-refractivity contribution in [2.24, 2.45) is 0 Å². The highest BCUT2D eigenvalue weighted by atomic mass is 32.1. The van der Waals surface area contributed by atoms with Gasteiger partial charge in [0.1, 0.15) is 16.5 Å². The van der Waals surface area contributed by atoms with Gasteiger partial charge in [0.15, 0.2) is 0 Å². The predicted molar refractivity (Wildman–Crippen MR) is 140 cm³/mol. The first-order chi connectivity index (χ1) is 16.7. The zero-order valence-electron chi connectivity index (χ0n) is 19.6. The van der Waals surface area contributed by atoms with Gasteiger partial charge in [0.2, 0.25) is 0 Å². The van der Waals surface area contributed by atoms with Crippen LogP contribution in [0.4, 0.5) is 5.82 Å². The smallest absolute Gasteiger partial charge is 0.259 e. The second-order valence-electron chi connectivity index (χ2n) is 9.55. The average Bonchev–Trinajstić information content (AvgIpc) is 3.26. The van der Waals surface area contributed by atoms with Crippen LogP contribution in [0, 0.1) is 0 Å². The van der Waals surface area contributed by atoms with Gasteiger partial charge in [-0.25, -0.2) is 9.97 Å². The van der Waals surface area contributed by atoms with E-state index in [9.17, 15) is 4.79 Å². The number of benzene rings is 1. The molecule has 4 heterocycles. The van der Waals surface area contributed by atoms with Crippen LogP contribution >= 0.6 is 11.3 Å². The topological polar surface area (TPSA) is 65.1 Å². The van der Waals surface area contributed by atoms with Crippen LogP contribution in [0.1, 0.15) is 41.9 Å². The number of H-pyrrole nitrogens is 1. The summed E-state index contributed by atoms with van der Waals surface area (Å²) < 4.78 is 0. The van der Waals surface area contributed by atoms with Crippen molar-refractivity contribution in [2.75, 3.05) is 37.6 Å². The second-order valence-corrected chi connectivity index (χ2v) is 10.6. The average molecular weight is 474 g/mol. The number of unbranched alkanes of at least 4 members (excludes halogenated alkanes) is 1. The number of nitrogens with zero attached hydrogens (tertiary/aromatic N) is 4. The van der Waals surface area contributed by atoms with E-state index in [1.807, 2.05) is 6.07 Å². The maximum absolute atomic E-state index is 12.7. The first-order valence-corrected chi connectivity index (χ1v) is 13.4. The van der Waals surface area contributed by atoms with Gasteiger partial charge in [-0.2, -0.15) is 0 Å². The molecule has 34 heavy (non-hydrogen) atoms. The van der Waals surface area contributed by atoms with Gasteiger partial charge in [-0.05, 0) is 68.8 Å². The van der Waals surface area contributed by atoms with Gasteiger partial charge in [0.25, 0.3) is 5.56 Å². The van der Waals surface area contributed by atoms with E-state index in [2.05, 4.69) is 45.1 Å². The highest BCUT2D eigenvalue weighted by molar-refractivity contribution is 7.18. The highest BCUT2D eigenvalue weighted by Gasteiger charge is 2.20. The lowest BCUT2D eigenvalue weighted by molar-refractivity contribution is 0.252. The zero-order valence-corrected chi connectivity index (χ0v) is 20.4. The summed E-state index contributed by atoms with van der Waals surface area (Å²) in [7, 11) is 0. The Balaban J connectivity index is 1.00. The van der Waals surface area contributed by atoms with Crippen LogP contribution in [-0.2, 0) is 19.3 Å². The van der Waals surface area contributed by atoms with Crippen molar-refractivity contribution in [1.29, 1.82) is 0 Å². The Bertz CT molecular complexity index is 1370. The Labute approximate surface area is 203 Å². The lowest BCUT2D eigenvalue weighted by Crippen LogP contribution is -2.46. The van der Waals surface area contributed by atoms with E-state index in [0.717, 1.165) is 92.2 Å². The SMILES string of the molecule is O=c1[nH]c(CCCCN2CCN(c3ccc4ccccc4n3)CC2)nc2sc3c(c12)CCCC3. The molecular formula is C27H31N5OS. The van der Waals surface area contributed by atoms with Crippen molar-refractivity contribution in [3.05, 3.63) is 63.0 Å². The number of anilines is 1. The fourth-order valence-corrected chi connectivity index (χ4v) is 6.67. The van der Waals surface area contributed by atoms with Gasteiger partial charge in [-0.1, -0.05) is 18.2 Å². The maximum atomic E-state index is 12.7. The summed E-state index contributed by atoms with van der Waals surface area (Å²) in [6.07, 6.45) is 7.57. The third kappa shape index (κ3) is 4.34. The number of hydrogen-bond donors (Lipinski definition) is 1. The summed E-state index contributed by atoms with van der Waals surface area (Å²) in [5.74, 6) is 1.93. The van der Waals surface area contributed by atoms with Crippen molar-refractivity contribution >= 4 is 38.3 Å². The molecule has 0 amide bonds. The highest BCUT2D eigenvalue weighted by Crippen LogP contribution is 2.33. The predicted octanol–water partition coefficient (Wildman–Crippen LogP) is 4.56. The standard InChI is InChI=1S/C27H31N5OS/c33-26-25-20-8-2-4-10-22(20)34-27(25)30-23(29-26)11-5-6-14-31-15-17-32(18-16-31)24-13-12-19-7-1-3-9-21(19)28-24/h1,3,7,9,12-13H,2,4-6,8,10-11,14-18H2,(H,29,30,33). The number of pyridine rings is 1. The molecule has 0 spiro atoms. The van der Waals surface area contributed by atoms with Crippen LogP contribution in [-0.4, -0.2) is 52.6 Å². The first-order valence-electron chi connectivity index (χ1n) is 12.6. The third-order valence-electron chi connectivity index (χ3n) is 7.29. The van der Waals surface area contributed by atoms with E-state index in [0.29, 0.717) is 0 Å². The summed E-state index contributed by atoms with van der Waals surface area (Å²) >= 11 is 1.74. The van der Waals surface area contributed by atoms with Gasteiger partial charge in [0.05, 0.1) is 10.9 Å². The number of thiophene rings is 1. The van der Waals surface area contributed by atoms with Gasteiger partial charge in [-0.3, -0.25) is 9.69 Å². The summed E-state index contributed by atoms with van der Waals surface area (Å²) in [5, 5.41) is 2.06. The molecule has 1 fully saturated rings. The molecular weight excluding hydrogens is 442 g/mol. The molecule has 0 saturated carbocycles. The largest absolute Gasteiger partial charge is 0.354 e. The first kappa shape index (κ1) is 21.7. The number of fused-ring (bicyclic) bond motifs is 4. The molecule has 3 aromatic heterocycles. The second kappa shape index (κ2) is 9.47. The molecule has 176 valence electrons. The molecule has 0 atom stereocenters. The van der Waals surface area contributed by atoms with Crippen molar-refractivity contribution in [3.63, 3.8) is 0 Å². The molecule has 0 radical (unpaired) electrons. The Kier molecular flexibility index (Phi) is 6.05. The number of aromatic amines is 1. The maximum Gasteiger partial charge on any atom is 0.259 e. The minimum Gasteiger partial charge on any atom is -0.354 e. The molecule has 4 aromatic rings. The summed E-state index contributed by atoms with van der Waals surface area (Å²) in [4.78, 5) is 32.8. The van der Waals surface area contributed by atoms with E-state index in [-0.39, 0.29) is 5.56 Å². The van der Waals surface area contributed by atoms with Gasteiger partial charge in [-0.15, -0.1) is 11.3 Å². The zero-order chi connectivity index (χ0) is 22.9. The van der Waals surface area contributed by atoms with Crippen molar-refractivity contribution in [1.82, 2.24) is 19.9 Å². The fourth-order valence-electron chi connectivity index (χ4n) is 5.39. The molecule has 7 heteroatoms. The molecule has 2 aliphatic rings. The molecule has 1 aromatic carbocycles. The number of hydrogen-bond acceptors (Lipinski definition) is 6. The lowest BCUT2D eigenvalue weighted by Gasteiger charge is -2.35. The molecule has 6 nitrogen and oxygen atoms in total. The number of aromatic nitrogens is 3. The number of rotatable bonds is 6. The van der Waals surface area contributed by atoms with Crippen molar-refractivity contribution < 1.29 is 0 Å². The quantitative estimate of drug-likeness (QED) is 0.416. The minimum absolute atomic E-state index is 0.0674. The Morgan fingerprint density at radius 1 is 0.941 bits per heavy atom. The van der Waals surface area contributed by atoms with Crippen LogP contribution in [0.3, 0.4) is 0 Å². The van der Waals surface area contributed by atoms with Crippen LogP contribution in [0.25, 0.3) is 21.1 Å². The Morgan fingerprint density at radius 3 is 2.71 bits per heavy atom. The van der Waals surface area contributed by atoms with Gasteiger partial charge >= 0.3 is 0 Å². The number of para-hydroxylation sites is 1. The van der Waals surface area contributed by atoms with E-state index >= 15 is 0 Å². The van der Waals surface area contributed by atoms with E-state index in [4.69, 9.17) is 9.97 Å². The van der Waals surface area contributed by atoms with Crippen LogP contribution in [0.5, 0.6) is 0 Å². The molecule has 1 saturated heterocycles.